The zero-order chi connectivity index (χ0) is 15.0. The molecule has 0 spiro atoms. The van der Waals surface area contributed by atoms with E-state index in [1.54, 1.807) is 7.11 Å². The van der Waals surface area contributed by atoms with Crippen molar-refractivity contribution in [2.45, 2.75) is 45.2 Å². The van der Waals surface area contributed by atoms with Crippen LogP contribution in [0.2, 0.25) is 0 Å². The van der Waals surface area contributed by atoms with E-state index in [1.165, 1.54) is 19.3 Å². The van der Waals surface area contributed by atoms with E-state index in [2.05, 4.69) is 29.5 Å². The number of fused-ring (bicyclic) bond motifs is 1. The molecule has 3 rings (SSSR count). The molecule has 2 aliphatic rings. The predicted molar refractivity (Wildman–Crippen MR) is 84.6 cm³/mol. The second-order valence-corrected chi connectivity index (χ2v) is 6.82. The third kappa shape index (κ3) is 2.81. The highest BCUT2D eigenvalue weighted by atomic mass is 16.5. The molecule has 1 aliphatic carbocycles. The van der Waals surface area contributed by atoms with E-state index in [4.69, 9.17) is 15.5 Å². The summed E-state index contributed by atoms with van der Waals surface area (Å²) >= 11 is 0. The van der Waals surface area contributed by atoms with Crippen LogP contribution in [0.1, 0.15) is 37.9 Å². The van der Waals surface area contributed by atoms with Crippen LogP contribution in [0, 0.1) is 18.8 Å². The van der Waals surface area contributed by atoms with Gasteiger partial charge in [-0.05, 0) is 38.5 Å². The molecule has 0 radical (unpaired) electrons. The molecule has 21 heavy (non-hydrogen) atoms. The van der Waals surface area contributed by atoms with Gasteiger partial charge in [0.1, 0.15) is 0 Å². The van der Waals surface area contributed by atoms with Crippen molar-refractivity contribution in [3.63, 3.8) is 0 Å². The number of rotatable bonds is 4. The number of hydrogen-bond donors (Lipinski definition) is 1. The zero-order valence-electron chi connectivity index (χ0n) is 13.5. The van der Waals surface area contributed by atoms with Crippen LogP contribution in [0.25, 0.3) is 0 Å². The monoisotopic (exact) mass is 292 g/mol. The molecule has 4 unspecified atom stereocenters. The van der Waals surface area contributed by atoms with Crippen molar-refractivity contribution in [3.05, 3.63) is 11.9 Å². The normalized spacial score (nSPS) is 30.5. The fraction of sp³-hybridized carbons (Fsp3) is 0.812. The maximum atomic E-state index is 6.34. The van der Waals surface area contributed by atoms with Crippen molar-refractivity contribution in [1.82, 2.24) is 9.55 Å². The highest BCUT2D eigenvalue weighted by Gasteiger charge is 2.40. The van der Waals surface area contributed by atoms with E-state index < -0.39 is 0 Å². The first-order chi connectivity index (χ1) is 10.1. The summed E-state index contributed by atoms with van der Waals surface area (Å²) in [5, 5.41) is 0. The molecule has 2 heterocycles. The van der Waals surface area contributed by atoms with E-state index in [9.17, 15) is 0 Å². The third-order valence-corrected chi connectivity index (χ3v) is 5.15. The molecule has 0 amide bonds. The van der Waals surface area contributed by atoms with Gasteiger partial charge in [-0.1, -0.05) is 6.42 Å². The van der Waals surface area contributed by atoms with E-state index in [0.717, 1.165) is 30.6 Å². The van der Waals surface area contributed by atoms with Gasteiger partial charge in [-0.3, -0.25) is 0 Å². The lowest BCUT2D eigenvalue weighted by atomic mass is 9.78. The average Bonchev–Trinajstić information content (AvgIpc) is 3.03. The molecule has 0 aromatic carbocycles. The fourth-order valence-corrected chi connectivity index (χ4v) is 4.06. The highest BCUT2D eigenvalue weighted by molar-refractivity contribution is 5.36. The van der Waals surface area contributed by atoms with Crippen molar-refractivity contribution in [2.24, 2.45) is 17.6 Å². The van der Waals surface area contributed by atoms with Gasteiger partial charge in [-0.25, -0.2) is 4.98 Å². The Balaban J connectivity index is 1.81. The first-order valence-electron chi connectivity index (χ1n) is 8.15. The fourth-order valence-electron chi connectivity index (χ4n) is 4.06. The standard InChI is InChI=1S/C16H28N4O/c1-11-7-20(12(2)10-21-3)16(18-11)19-8-13-5-4-6-15(17)14(13)9-19/h7,12-15H,4-6,8-10,17H2,1-3H3. The van der Waals surface area contributed by atoms with Gasteiger partial charge in [0.05, 0.1) is 18.3 Å². The molecule has 1 aliphatic heterocycles. The van der Waals surface area contributed by atoms with E-state index >= 15 is 0 Å². The summed E-state index contributed by atoms with van der Waals surface area (Å²) in [4.78, 5) is 7.22. The van der Waals surface area contributed by atoms with Crippen LogP contribution in [-0.4, -0.2) is 42.4 Å². The molecular formula is C16H28N4O. The minimum atomic E-state index is 0.308. The Morgan fingerprint density at radius 2 is 2.24 bits per heavy atom. The lowest BCUT2D eigenvalue weighted by molar-refractivity contribution is 0.162. The minimum absolute atomic E-state index is 0.308. The maximum Gasteiger partial charge on any atom is 0.206 e. The lowest BCUT2D eigenvalue weighted by Gasteiger charge is -2.29. The number of aromatic nitrogens is 2. The number of methoxy groups -OCH3 is 1. The molecule has 1 aromatic rings. The minimum Gasteiger partial charge on any atom is -0.383 e. The molecule has 1 saturated heterocycles. The molecular weight excluding hydrogens is 264 g/mol. The Morgan fingerprint density at radius 1 is 1.43 bits per heavy atom. The van der Waals surface area contributed by atoms with Gasteiger partial charge in [0.2, 0.25) is 5.95 Å². The summed E-state index contributed by atoms with van der Waals surface area (Å²) in [5.74, 6) is 2.48. The van der Waals surface area contributed by atoms with Crippen LogP contribution >= 0.6 is 0 Å². The second kappa shape index (κ2) is 5.97. The van der Waals surface area contributed by atoms with Gasteiger partial charge in [-0.15, -0.1) is 0 Å². The van der Waals surface area contributed by atoms with Crippen LogP contribution in [0.5, 0.6) is 0 Å². The third-order valence-electron chi connectivity index (χ3n) is 5.15. The van der Waals surface area contributed by atoms with Crippen LogP contribution in [-0.2, 0) is 4.74 Å². The second-order valence-electron chi connectivity index (χ2n) is 6.82. The van der Waals surface area contributed by atoms with Crippen molar-refractivity contribution in [3.8, 4) is 0 Å². The Kier molecular flexibility index (Phi) is 4.22. The summed E-state index contributed by atoms with van der Waals surface area (Å²) < 4.78 is 7.58. The van der Waals surface area contributed by atoms with Crippen molar-refractivity contribution < 1.29 is 4.74 Å². The molecule has 2 fully saturated rings. The Bertz CT molecular complexity index is 487. The van der Waals surface area contributed by atoms with E-state index in [-0.39, 0.29) is 0 Å². The number of aryl methyl sites for hydroxylation is 1. The smallest absolute Gasteiger partial charge is 0.206 e. The number of nitrogens with two attached hydrogens (primary N) is 1. The quantitative estimate of drug-likeness (QED) is 0.922. The molecule has 4 atom stereocenters. The average molecular weight is 292 g/mol. The number of hydrogen-bond acceptors (Lipinski definition) is 4. The first kappa shape index (κ1) is 14.9. The van der Waals surface area contributed by atoms with Gasteiger partial charge in [0.25, 0.3) is 0 Å². The van der Waals surface area contributed by atoms with Crippen molar-refractivity contribution in [1.29, 1.82) is 0 Å². The van der Waals surface area contributed by atoms with Gasteiger partial charge < -0.3 is 19.9 Å². The van der Waals surface area contributed by atoms with Gasteiger partial charge in [0.15, 0.2) is 0 Å². The molecule has 2 N–H and O–H groups in total. The van der Waals surface area contributed by atoms with Crippen LogP contribution in [0.3, 0.4) is 0 Å². The summed E-state index contributed by atoms with van der Waals surface area (Å²) in [5.41, 5.74) is 7.41. The number of nitrogens with zero attached hydrogens (tertiary/aromatic N) is 3. The van der Waals surface area contributed by atoms with Crippen LogP contribution in [0.4, 0.5) is 5.95 Å². The summed E-state index contributed by atoms with van der Waals surface area (Å²) in [6.07, 6.45) is 5.93. The Morgan fingerprint density at radius 3 is 2.95 bits per heavy atom. The first-order valence-corrected chi connectivity index (χ1v) is 8.15. The molecule has 0 bridgehead atoms. The van der Waals surface area contributed by atoms with Crippen molar-refractivity contribution in [2.75, 3.05) is 31.7 Å². The summed E-state index contributed by atoms with van der Waals surface area (Å²) in [6.45, 7) is 7.12. The van der Waals surface area contributed by atoms with Gasteiger partial charge >= 0.3 is 0 Å². The van der Waals surface area contributed by atoms with Gasteiger partial charge in [0, 0.05) is 32.4 Å². The van der Waals surface area contributed by atoms with Crippen LogP contribution < -0.4 is 10.6 Å². The molecule has 5 heteroatoms. The number of anilines is 1. The zero-order valence-corrected chi connectivity index (χ0v) is 13.5. The highest BCUT2D eigenvalue weighted by Crippen LogP contribution is 2.37. The summed E-state index contributed by atoms with van der Waals surface area (Å²) in [7, 11) is 1.75. The number of ether oxygens (including phenoxy) is 1. The lowest BCUT2D eigenvalue weighted by Crippen LogP contribution is -2.38. The predicted octanol–water partition coefficient (Wildman–Crippen LogP) is 1.96. The van der Waals surface area contributed by atoms with E-state index in [0.29, 0.717) is 24.6 Å². The summed E-state index contributed by atoms with van der Waals surface area (Å²) in [6, 6.07) is 0.678. The van der Waals surface area contributed by atoms with Gasteiger partial charge in [-0.2, -0.15) is 0 Å². The topological polar surface area (TPSA) is 56.3 Å². The SMILES string of the molecule is COCC(C)n1cc(C)nc1N1CC2CCCC(N)C2C1. The Hall–Kier alpha value is -1.07. The van der Waals surface area contributed by atoms with Crippen LogP contribution in [0.15, 0.2) is 6.20 Å². The maximum absolute atomic E-state index is 6.34. The molecule has 1 aromatic heterocycles. The molecule has 118 valence electrons. The Labute approximate surface area is 127 Å². The molecule has 1 saturated carbocycles. The number of imidazole rings is 1. The van der Waals surface area contributed by atoms with Crippen molar-refractivity contribution >= 4 is 5.95 Å². The van der Waals surface area contributed by atoms with E-state index in [1.807, 2.05) is 0 Å². The largest absolute Gasteiger partial charge is 0.383 e. The molecule has 5 nitrogen and oxygen atoms in total.